The van der Waals surface area contributed by atoms with Crippen molar-refractivity contribution in [1.82, 2.24) is 0 Å². The van der Waals surface area contributed by atoms with Gasteiger partial charge in [-0.3, -0.25) is 0 Å². The molecule has 0 atom stereocenters. The minimum atomic E-state index is -1.94. The van der Waals surface area contributed by atoms with Crippen molar-refractivity contribution in [3.63, 3.8) is 0 Å². The highest BCUT2D eigenvalue weighted by Gasteiger charge is 2.23. The molecular weight excluding hydrogens is 160 g/mol. The van der Waals surface area contributed by atoms with Crippen LogP contribution < -0.4 is 0 Å². The van der Waals surface area contributed by atoms with E-state index in [2.05, 4.69) is 9.98 Å². The summed E-state index contributed by atoms with van der Waals surface area (Å²) in [6, 6.07) is 0. The van der Waals surface area contributed by atoms with Gasteiger partial charge in [-0.2, -0.15) is 0 Å². The van der Waals surface area contributed by atoms with Gasteiger partial charge in [0.25, 0.3) is 5.85 Å². The maximum Gasteiger partial charge on any atom is 0.276 e. The molecule has 0 aromatic rings. The molecule has 12 heavy (non-hydrogen) atoms. The molecule has 0 saturated carbocycles. The fourth-order valence-electron chi connectivity index (χ4n) is 0.697. The summed E-state index contributed by atoms with van der Waals surface area (Å²) in [5.41, 5.74) is 0. The zero-order chi connectivity index (χ0) is 9.45. The summed E-state index contributed by atoms with van der Waals surface area (Å²) in [5, 5.41) is 9.28. The van der Waals surface area contributed by atoms with E-state index in [0.29, 0.717) is 6.42 Å². The van der Waals surface area contributed by atoms with Crippen LogP contribution in [0.3, 0.4) is 0 Å². The van der Waals surface area contributed by atoms with Crippen LogP contribution in [0.15, 0.2) is 9.98 Å². The van der Waals surface area contributed by atoms with Gasteiger partial charge >= 0.3 is 0 Å². The minimum Gasteiger partial charge on any atom is -0.350 e. The number of unbranched alkanes of at least 4 members (excludes halogenated alkanes) is 1. The van der Waals surface area contributed by atoms with Crippen LogP contribution in [0.2, 0.25) is 0 Å². The van der Waals surface area contributed by atoms with E-state index in [-0.39, 0.29) is 6.42 Å². The second kappa shape index (κ2) is 5.38. The summed E-state index contributed by atoms with van der Waals surface area (Å²) in [6.07, 6.45) is 3.87. The standard InChI is InChI=1S/C7H10N2O3/c1-2-3-4-7(12,8-5-10)9-6-11/h12H,2-4H2,1H3. The molecule has 66 valence electrons. The lowest BCUT2D eigenvalue weighted by Gasteiger charge is -2.12. The highest BCUT2D eigenvalue weighted by atomic mass is 16.3. The average Bonchev–Trinajstić information content (AvgIpc) is 2.02. The van der Waals surface area contributed by atoms with Gasteiger partial charge in [-0.1, -0.05) is 13.3 Å². The first-order valence-electron chi connectivity index (χ1n) is 3.59. The molecule has 0 aromatic carbocycles. The molecule has 0 unspecified atom stereocenters. The van der Waals surface area contributed by atoms with Gasteiger partial charge < -0.3 is 5.11 Å². The van der Waals surface area contributed by atoms with E-state index >= 15 is 0 Å². The van der Waals surface area contributed by atoms with Gasteiger partial charge in [-0.15, -0.1) is 9.98 Å². The molecule has 0 spiro atoms. The van der Waals surface area contributed by atoms with E-state index in [0.717, 1.165) is 18.6 Å². The van der Waals surface area contributed by atoms with Gasteiger partial charge in [0.05, 0.1) is 0 Å². The smallest absolute Gasteiger partial charge is 0.276 e. The molecule has 0 radical (unpaired) electrons. The molecule has 1 N–H and O–H groups in total. The number of aliphatic hydroxyl groups is 1. The van der Waals surface area contributed by atoms with E-state index in [1.807, 2.05) is 6.92 Å². The first-order valence-corrected chi connectivity index (χ1v) is 3.59. The topological polar surface area (TPSA) is 79.1 Å². The van der Waals surface area contributed by atoms with Crippen molar-refractivity contribution in [2.75, 3.05) is 0 Å². The Kier molecular flexibility index (Phi) is 4.81. The molecule has 0 bridgehead atoms. The van der Waals surface area contributed by atoms with Gasteiger partial charge in [-0.05, 0) is 6.42 Å². The molecule has 0 rings (SSSR count). The lowest BCUT2D eigenvalue weighted by atomic mass is 10.2. The zero-order valence-corrected chi connectivity index (χ0v) is 6.78. The number of isocyanates is 2. The van der Waals surface area contributed by atoms with E-state index in [4.69, 9.17) is 0 Å². The van der Waals surface area contributed by atoms with Crippen molar-refractivity contribution in [2.45, 2.75) is 32.0 Å². The third kappa shape index (κ3) is 3.78. The maximum absolute atomic E-state index is 9.82. The third-order valence-corrected chi connectivity index (χ3v) is 1.32. The Labute approximate surface area is 69.8 Å². The summed E-state index contributed by atoms with van der Waals surface area (Å²) in [5.74, 6) is -1.94. The number of hydrogen-bond acceptors (Lipinski definition) is 5. The van der Waals surface area contributed by atoms with Crippen LogP contribution in [0.1, 0.15) is 26.2 Å². The Morgan fingerprint density at radius 1 is 1.33 bits per heavy atom. The number of rotatable bonds is 5. The van der Waals surface area contributed by atoms with Crippen molar-refractivity contribution in [2.24, 2.45) is 9.98 Å². The van der Waals surface area contributed by atoms with E-state index in [9.17, 15) is 14.7 Å². The first-order chi connectivity index (χ1) is 5.68. The number of nitrogens with zero attached hydrogens (tertiary/aromatic N) is 2. The molecular formula is C7H10N2O3. The lowest BCUT2D eigenvalue weighted by molar-refractivity contribution is 0.0480. The number of carbonyl (C=O) groups excluding carboxylic acids is 2. The van der Waals surface area contributed by atoms with E-state index < -0.39 is 5.85 Å². The van der Waals surface area contributed by atoms with Gasteiger partial charge in [-0.25, -0.2) is 9.59 Å². The molecule has 5 nitrogen and oxygen atoms in total. The molecule has 0 aromatic heterocycles. The second-order valence-electron chi connectivity index (χ2n) is 2.28. The summed E-state index contributed by atoms with van der Waals surface area (Å²) in [4.78, 5) is 25.6. The van der Waals surface area contributed by atoms with Crippen molar-refractivity contribution in [3.8, 4) is 0 Å². The third-order valence-electron chi connectivity index (χ3n) is 1.32. The van der Waals surface area contributed by atoms with Crippen molar-refractivity contribution < 1.29 is 14.7 Å². The largest absolute Gasteiger partial charge is 0.350 e. The van der Waals surface area contributed by atoms with Crippen LogP contribution in [0, 0.1) is 0 Å². The summed E-state index contributed by atoms with van der Waals surface area (Å²) >= 11 is 0. The highest BCUT2D eigenvalue weighted by Crippen LogP contribution is 2.15. The van der Waals surface area contributed by atoms with Crippen LogP contribution in [0.5, 0.6) is 0 Å². The number of aliphatic imine (C=N–C) groups is 2. The van der Waals surface area contributed by atoms with Gasteiger partial charge in [0, 0.05) is 6.42 Å². The van der Waals surface area contributed by atoms with Crippen LogP contribution in [0.4, 0.5) is 0 Å². The molecule has 0 aliphatic carbocycles. The lowest BCUT2D eigenvalue weighted by Crippen LogP contribution is -2.22. The van der Waals surface area contributed by atoms with E-state index in [1.165, 1.54) is 0 Å². The first kappa shape index (κ1) is 10.7. The fourth-order valence-corrected chi connectivity index (χ4v) is 0.697. The SMILES string of the molecule is CCCCC(O)(N=C=O)N=C=O. The van der Waals surface area contributed by atoms with Gasteiger partial charge in [0.15, 0.2) is 0 Å². The predicted molar refractivity (Wildman–Crippen MR) is 40.7 cm³/mol. The molecule has 0 aliphatic heterocycles. The summed E-state index contributed by atoms with van der Waals surface area (Å²) in [7, 11) is 0. The predicted octanol–water partition coefficient (Wildman–Crippen LogP) is 0.494. The Bertz CT molecular complexity index is 209. The molecule has 0 aliphatic rings. The van der Waals surface area contributed by atoms with Crippen molar-refractivity contribution >= 4 is 12.2 Å². The van der Waals surface area contributed by atoms with Crippen molar-refractivity contribution in [3.05, 3.63) is 0 Å². The summed E-state index contributed by atoms with van der Waals surface area (Å²) < 4.78 is 0. The minimum absolute atomic E-state index is 0.133. The molecule has 0 fully saturated rings. The van der Waals surface area contributed by atoms with Gasteiger partial charge in [0.1, 0.15) is 0 Å². The normalized spacial score (nSPS) is 13.8. The van der Waals surface area contributed by atoms with Crippen LogP contribution >= 0.6 is 0 Å². The van der Waals surface area contributed by atoms with Crippen LogP contribution in [-0.4, -0.2) is 23.1 Å². The number of hydrogen-bond donors (Lipinski definition) is 1. The molecule has 0 heterocycles. The Morgan fingerprint density at radius 3 is 2.17 bits per heavy atom. The maximum atomic E-state index is 9.82. The monoisotopic (exact) mass is 170 g/mol. The fraction of sp³-hybridized carbons (Fsp3) is 0.714. The Morgan fingerprint density at radius 2 is 1.83 bits per heavy atom. The summed E-state index contributed by atoms with van der Waals surface area (Å²) in [6.45, 7) is 1.90. The highest BCUT2D eigenvalue weighted by molar-refractivity contribution is 5.37. The Hall–Kier alpha value is -1.28. The molecule has 0 amide bonds. The van der Waals surface area contributed by atoms with E-state index in [1.54, 1.807) is 0 Å². The molecule has 5 heteroatoms. The average molecular weight is 170 g/mol. The van der Waals surface area contributed by atoms with Crippen molar-refractivity contribution in [1.29, 1.82) is 0 Å². The second-order valence-corrected chi connectivity index (χ2v) is 2.28. The molecule has 0 saturated heterocycles. The van der Waals surface area contributed by atoms with Gasteiger partial charge in [0.2, 0.25) is 12.2 Å². The zero-order valence-electron chi connectivity index (χ0n) is 6.78. The Balaban J connectivity index is 4.38. The van der Waals surface area contributed by atoms with Crippen LogP contribution in [0.25, 0.3) is 0 Å². The van der Waals surface area contributed by atoms with Crippen LogP contribution in [-0.2, 0) is 9.59 Å². The quantitative estimate of drug-likeness (QED) is 0.481.